The van der Waals surface area contributed by atoms with E-state index in [0.29, 0.717) is 13.0 Å². The minimum atomic E-state index is 0.0304. The van der Waals surface area contributed by atoms with Gasteiger partial charge in [0, 0.05) is 6.42 Å². The first-order chi connectivity index (χ1) is 14.2. The van der Waals surface area contributed by atoms with E-state index >= 15 is 0 Å². The maximum absolute atomic E-state index is 12.0. The van der Waals surface area contributed by atoms with Crippen LogP contribution in [0.15, 0.2) is 0 Å². The second-order valence-electron chi connectivity index (χ2n) is 9.15. The summed E-state index contributed by atoms with van der Waals surface area (Å²) in [6, 6.07) is 0. The monoisotopic (exact) mass is 410 g/mol. The average molecular weight is 411 g/mol. The minimum absolute atomic E-state index is 0.0304. The van der Waals surface area contributed by atoms with E-state index in [1.807, 2.05) is 0 Å². The third-order valence-electron chi connectivity index (χ3n) is 6.21. The summed E-state index contributed by atoms with van der Waals surface area (Å²) in [5.74, 6) is 0.784. The average Bonchev–Trinajstić information content (AvgIpc) is 2.72. The number of unbranched alkanes of at least 4 members (excludes halogenated alkanes) is 14. The molecule has 0 radical (unpaired) electrons. The molecule has 0 aliphatic carbocycles. The molecule has 0 aromatic heterocycles. The van der Waals surface area contributed by atoms with Gasteiger partial charge in [0.15, 0.2) is 0 Å². The molecule has 0 saturated carbocycles. The number of esters is 1. The maximum atomic E-state index is 12.0. The standard InChI is InChI=1S/C27H54O2/c1-4-7-10-13-15-17-20-23-27(28)29-25-24-26(21-18-12-9-6-3)22-19-16-14-11-8-5-2/h26H,4-25H2,1-3H3. The summed E-state index contributed by atoms with van der Waals surface area (Å²) in [5, 5.41) is 0. The minimum Gasteiger partial charge on any atom is -0.466 e. The van der Waals surface area contributed by atoms with Crippen LogP contribution in [0.25, 0.3) is 0 Å². The molecule has 0 spiro atoms. The van der Waals surface area contributed by atoms with Crippen LogP contribution in [0.1, 0.15) is 156 Å². The van der Waals surface area contributed by atoms with Crippen LogP contribution in [-0.2, 0) is 9.53 Å². The molecule has 0 fully saturated rings. The van der Waals surface area contributed by atoms with Gasteiger partial charge >= 0.3 is 5.97 Å². The van der Waals surface area contributed by atoms with Crippen molar-refractivity contribution in [1.82, 2.24) is 0 Å². The van der Waals surface area contributed by atoms with Gasteiger partial charge in [-0.05, 0) is 18.8 Å². The van der Waals surface area contributed by atoms with Crippen molar-refractivity contribution in [3.63, 3.8) is 0 Å². The normalized spacial score (nSPS) is 12.2. The first-order valence-corrected chi connectivity index (χ1v) is 13.4. The van der Waals surface area contributed by atoms with Crippen LogP contribution in [0.4, 0.5) is 0 Å². The summed E-state index contributed by atoms with van der Waals surface area (Å²) in [7, 11) is 0. The molecule has 0 aromatic rings. The van der Waals surface area contributed by atoms with Crippen molar-refractivity contribution < 1.29 is 9.53 Å². The van der Waals surface area contributed by atoms with E-state index in [9.17, 15) is 4.79 Å². The van der Waals surface area contributed by atoms with Crippen molar-refractivity contribution in [3.05, 3.63) is 0 Å². The third kappa shape index (κ3) is 22.0. The van der Waals surface area contributed by atoms with Crippen molar-refractivity contribution in [3.8, 4) is 0 Å². The Balaban J connectivity index is 3.83. The molecule has 174 valence electrons. The molecular formula is C27H54O2. The Labute approximate surface area is 184 Å². The Hall–Kier alpha value is -0.530. The van der Waals surface area contributed by atoms with Gasteiger partial charge in [0.25, 0.3) is 0 Å². The van der Waals surface area contributed by atoms with Crippen LogP contribution in [0, 0.1) is 5.92 Å². The number of carbonyl (C=O) groups excluding carboxylic acids is 1. The lowest BCUT2D eigenvalue weighted by atomic mass is 9.92. The van der Waals surface area contributed by atoms with Crippen molar-refractivity contribution in [1.29, 1.82) is 0 Å². The van der Waals surface area contributed by atoms with Crippen LogP contribution in [0.3, 0.4) is 0 Å². The predicted molar refractivity (Wildman–Crippen MR) is 128 cm³/mol. The lowest BCUT2D eigenvalue weighted by molar-refractivity contribution is -0.144. The lowest BCUT2D eigenvalue weighted by Crippen LogP contribution is -2.10. The zero-order valence-corrected chi connectivity index (χ0v) is 20.5. The van der Waals surface area contributed by atoms with Crippen LogP contribution in [0.2, 0.25) is 0 Å². The highest BCUT2D eigenvalue weighted by Crippen LogP contribution is 2.22. The highest BCUT2D eigenvalue weighted by Gasteiger charge is 2.10. The second-order valence-corrected chi connectivity index (χ2v) is 9.15. The Bertz CT molecular complexity index is 326. The molecule has 1 unspecified atom stereocenters. The molecule has 0 amide bonds. The number of hydrogen-bond acceptors (Lipinski definition) is 2. The van der Waals surface area contributed by atoms with Gasteiger partial charge in [-0.3, -0.25) is 4.79 Å². The predicted octanol–water partition coefficient (Wildman–Crippen LogP) is 9.40. The van der Waals surface area contributed by atoms with Gasteiger partial charge in [0.1, 0.15) is 0 Å². The number of carbonyl (C=O) groups is 1. The number of ether oxygens (including phenoxy) is 1. The molecular weight excluding hydrogens is 356 g/mol. The molecule has 0 aromatic carbocycles. The topological polar surface area (TPSA) is 26.3 Å². The maximum Gasteiger partial charge on any atom is 0.305 e. The smallest absolute Gasteiger partial charge is 0.305 e. The van der Waals surface area contributed by atoms with Gasteiger partial charge in [0.05, 0.1) is 6.61 Å². The molecule has 2 heteroatoms. The fourth-order valence-electron chi connectivity index (χ4n) is 4.14. The molecule has 0 saturated heterocycles. The number of rotatable bonds is 23. The van der Waals surface area contributed by atoms with E-state index in [4.69, 9.17) is 4.74 Å². The molecule has 0 bridgehead atoms. The van der Waals surface area contributed by atoms with E-state index in [1.54, 1.807) is 0 Å². The van der Waals surface area contributed by atoms with E-state index in [0.717, 1.165) is 18.8 Å². The molecule has 0 rings (SSSR count). The molecule has 2 nitrogen and oxygen atoms in total. The molecule has 0 aliphatic heterocycles. The fourth-order valence-corrected chi connectivity index (χ4v) is 4.14. The van der Waals surface area contributed by atoms with Gasteiger partial charge in [0.2, 0.25) is 0 Å². The van der Waals surface area contributed by atoms with Crippen LogP contribution < -0.4 is 0 Å². The van der Waals surface area contributed by atoms with Gasteiger partial charge in [-0.15, -0.1) is 0 Å². The van der Waals surface area contributed by atoms with Crippen molar-refractivity contribution in [2.24, 2.45) is 5.92 Å². The second kappa shape index (κ2) is 23.7. The van der Waals surface area contributed by atoms with E-state index in [-0.39, 0.29) is 5.97 Å². The van der Waals surface area contributed by atoms with Crippen LogP contribution >= 0.6 is 0 Å². The third-order valence-corrected chi connectivity index (χ3v) is 6.21. The summed E-state index contributed by atoms with van der Waals surface area (Å²) < 4.78 is 5.57. The van der Waals surface area contributed by atoms with Gasteiger partial charge in [-0.1, -0.05) is 136 Å². The highest BCUT2D eigenvalue weighted by molar-refractivity contribution is 5.69. The Morgan fingerprint density at radius 3 is 1.48 bits per heavy atom. The molecule has 29 heavy (non-hydrogen) atoms. The Kier molecular flexibility index (Phi) is 23.3. The summed E-state index contributed by atoms with van der Waals surface area (Å²) in [5.41, 5.74) is 0. The summed E-state index contributed by atoms with van der Waals surface area (Å²) >= 11 is 0. The summed E-state index contributed by atoms with van der Waals surface area (Å²) in [4.78, 5) is 12.0. The molecule has 0 N–H and O–H groups in total. The molecule has 0 heterocycles. The summed E-state index contributed by atoms with van der Waals surface area (Å²) in [6.07, 6.45) is 26.7. The largest absolute Gasteiger partial charge is 0.466 e. The molecule has 0 aliphatic rings. The first kappa shape index (κ1) is 28.5. The zero-order valence-electron chi connectivity index (χ0n) is 20.5. The quantitative estimate of drug-likeness (QED) is 0.124. The fraction of sp³-hybridized carbons (Fsp3) is 0.963. The van der Waals surface area contributed by atoms with Gasteiger partial charge in [-0.25, -0.2) is 0 Å². The van der Waals surface area contributed by atoms with Crippen LogP contribution in [-0.4, -0.2) is 12.6 Å². The van der Waals surface area contributed by atoms with Crippen molar-refractivity contribution in [2.75, 3.05) is 6.61 Å². The van der Waals surface area contributed by atoms with E-state index < -0.39 is 0 Å². The Morgan fingerprint density at radius 1 is 0.552 bits per heavy atom. The summed E-state index contributed by atoms with van der Waals surface area (Å²) in [6.45, 7) is 7.45. The van der Waals surface area contributed by atoms with E-state index in [1.165, 1.54) is 116 Å². The van der Waals surface area contributed by atoms with Crippen molar-refractivity contribution in [2.45, 2.75) is 156 Å². The number of hydrogen-bond donors (Lipinski definition) is 0. The molecule has 1 atom stereocenters. The van der Waals surface area contributed by atoms with Gasteiger partial charge in [-0.2, -0.15) is 0 Å². The SMILES string of the molecule is CCCCCCCCCC(=O)OCCC(CCCCCC)CCCCCCCC. The van der Waals surface area contributed by atoms with Gasteiger partial charge < -0.3 is 4.74 Å². The Morgan fingerprint density at radius 2 is 0.966 bits per heavy atom. The van der Waals surface area contributed by atoms with E-state index in [2.05, 4.69) is 20.8 Å². The first-order valence-electron chi connectivity index (χ1n) is 13.4. The highest BCUT2D eigenvalue weighted by atomic mass is 16.5. The van der Waals surface area contributed by atoms with Crippen LogP contribution in [0.5, 0.6) is 0 Å². The zero-order chi connectivity index (χ0) is 21.4. The lowest BCUT2D eigenvalue weighted by Gasteiger charge is -2.17. The van der Waals surface area contributed by atoms with Crippen molar-refractivity contribution >= 4 is 5.97 Å².